The van der Waals surface area contributed by atoms with Crippen molar-refractivity contribution in [3.63, 3.8) is 0 Å². The molecule has 1 aliphatic heterocycles. The number of aromatic amines is 2. The van der Waals surface area contributed by atoms with E-state index in [9.17, 15) is 4.39 Å². The van der Waals surface area contributed by atoms with Gasteiger partial charge in [0.25, 0.3) is 0 Å². The fourth-order valence-corrected chi connectivity index (χ4v) is 6.40. The van der Waals surface area contributed by atoms with Crippen molar-refractivity contribution in [1.29, 1.82) is 0 Å². The molecule has 0 saturated carbocycles. The first kappa shape index (κ1) is 29.8. The number of pyridine rings is 2. The highest BCUT2D eigenvalue weighted by atomic mass is 19.1. The van der Waals surface area contributed by atoms with Gasteiger partial charge in [-0.25, -0.2) is 9.37 Å². The van der Waals surface area contributed by atoms with Crippen LogP contribution in [-0.4, -0.2) is 54.7 Å². The number of benzene rings is 2. The van der Waals surface area contributed by atoms with Crippen molar-refractivity contribution < 1.29 is 4.39 Å². The summed E-state index contributed by atoms with van der Waals surface area (Å²) in [7, 11) is 0. The van der Waals surface area contributed by atoms with Crippen molar-refractivity contribution in [2.75, 3.05) is 25.0 Å². The highest BCUT2D eigenvalue weighted by molar-refractivity contribution is 5.97. The fraction of sp³-hybridized carbons (Fsp3) is 0.297. The Morgan fingerprint density at radius 2 is 1.85 bits per heavy atom. The van der Waals surface area contributed by atoms with Gasteiger partial charge in [0.2, 0.25) is 0 Å². The van der Waals surface area contributed by atoms with Crippen LogP contribution in [0.1, 0.15) is 51.0 Å². The number of hydrogen-bond acceptors (Lipinski definition) is 6. The van der Waals surface area contributed by atoms with E-state index in [1.54, 1.807) is 18.3 Å². The van der Waals surface area contributed by atoms with Crippen molar-refractivity contribution in [3.8, 4) is 33.9 Å². The van der Waals surface area contributed by atoms with Gasteiger partial charge in [-0.2, -0.15) is 5.10 Å². The molecule has 46 heavy (non-hydrogen) atoms. The van der Waals surface area contributed by atoms with E-state index in [0.29, 0.717) is 22.7 Å². The first-order valence-corrected chi connectivity index (χ1v) is 16.3. The lowest BCUT2D eigenvalue weighted by Crippen LogP contribution is -2.20. The largest absolute Gasteiger partial charge is 0.358 e. The molecule has 9 heteroatoms. The summed E-state index contributed by atoms with van der Waals surface area (Å²) < 4.78 is 14.9. The maximum absolute atomic E-state index is 14.9. The molecular formula is C37H39FN8. The molecule has 0 aliphatic carbocycles. The Morgan fingerprint density at radius 1 is 0.957 bits per heavy atom. The average Bonchev–Trinajstić information content (AvgIpc) is 3.83. The first-order chi connectivity index (χ1) is 22.5. The van der Waals surface area contributed by atoms with E-state index in [-0.39, 0.29) is 5.82 Å². The van der Waals surface area contributed by atoms with E-state index in [2.05, 4.69) is 73.1 Å². The Morgan fingerprint density at radius 3 is 2.72 bits per heavy atom. The van der Waals surface area contributed by atoms with Crippen molar-refractivity contribution in [1.82, 2.24) is 35.0 Å². The molecule has 1 aliphatic rings. The van der Waals surface area contributed by atoms with Crippen LogP contribution in [0, 0.1) is 5.82 Å². The molecule has 0 radical (unpaired) electrons. The summed E-state index contributed by atoms with van der Waals surface area (Å²) in [6, 6.07) is 15.4. The summed E-state index contributed by atoms with van der Waals surface area (Å²) >= 11 is 0. The van der Waals surface area contributed by atoms with Crippen LogP contribution in [0.3, 0.4) is 0 Å². The zero-order valence-electron chi connectivity index (χ0n) is 26.2. The predicted octanol–water partition coefficient (Wildman–Crippen LogP) is 8.51. The molecule has 4 aromatic heterocycles. The van der Waals surface area contributed by atoms with Gasteiger partial charge in [0.15, 0.2) is 5.82 Å². The minimum absolute atomic E-state index is 0.256. The van der Waals surface area contributed by atoms with E-state index in [1.807, 2.05) is 24.5 Å². The van der Waals surface area contributed by atoms with Crippen molar-refractivity contribution in [2.45, 2.75) is 51.9 Å². The first-order valence-electron chi connectivity index (χ1n) is 16.3. The van der Waals surface area contributed by atoms with E-state index < -0.39 is 0 Å². The second-order valence-electron chi connectivity index (χ2n) is 12.3. The van der Waals surface area contributed by atoms with Gasteiger partial charge in [0.05, 0.1) is 28.6 Å². The second-order valence-corrected chi connectivity index (χ2v) is 12.3. The van der Waals surface area contributed by atoms with Crippen LogP contribution in [0.4, 0.5) is 10.1 Å². The van der Waals surface area contributed by atoms with Crippen LogP contribution in [0.25, 0.3) is 55.8 Å². The SMILES string of the molecule is C=C(CCCC)Nc1cncc(-c2ccc3[nH]nc(-c4nc5c(-c6cc(F)cc(CCCN7CCCC7)c6)nccc5[nH]4)c3c2)c1. The topological polar surface area (TPSA) is 98.4 Å². The average molecular weight is 615 g/mol. The molecule has 1 saturated heterocycles. The third-order valence-electron chi connectivity index (χ3n) is 8.78. The molecule has 1 fully saturated rings. The summed E-state index contributed by atoms with van der Waals surface area (Å²) in [5.74, 6) is 0.365. The molecule has 3 N–H and O–H groups in total. The van der Waals surface area contributed by atoms with E-state index in [1.165, 1.54) is 25.9 Å². The van der Waals surface area contributed by atoms with Gasteiger partial charge in [0.1, 0.15) is 17.0 Å². The van der Waals surface area contributed by atoms with Crippen LogP contribution < -0.4 is 5.32 Å². The quantitative estimate of drug-likeness (QED) is 0.128. The second kappa shape index (κ2) is 13.2. The molecule has 6 aromatic rings. The highest BCUT2D eigenvalue weighted by Crippen LogP contribution is 2.33. The molecule has 8 nitrogen and oxygen atoms in total. The number of allylic oxidation sites excluding steroid dienone is 1. The smallest absolute Gasteiger partial charge is 0.159 e. The Kier molecular flexibility index (Phi) is 8.57. The number of halogens is 1. The van der Waals surface area contributed by atoms with E-state index in [4.69, 9.17) is 4.98 Å². The molecule has 234 valence electrons. The summed E-state index contributed by atoms with van der Waals surface area (Å²) in [5.41, 5.74) is 9.37. The van der Waals surface area contributed by atoms with E-state index in [0.717, 1.165) is 88.7 Å². The van der Waals surface area contributed by atoms with Crippen molar-refractivity contribution in [2.24, 2.45) is 0 Å². The zero-order valence-corrected chi connectivity index (χ0v) is 26.2. The number of fused-ring (bicyclic) bond motifs is 2. The summed E-state index contributed by atoms with van der Waals surface area (Å²) in [6.45, 7) is 9.73. The van der Waals surface area contributed by atoms with Crippen LogP contribution in [0.15, 0.2) is 79.4 Å². The van der Waals surface area contributed by atoms with Gasteiger partial charge >= 0.3 is 0 Å². The molecule has 0 atom stereocenters. The molecule has 2 aromatic carbocycles. The van der Waals surface area contributed by atoms with Crippen LogP contribution in [0.5, 0.6) is 0 Å². The Bertz CT molecular complexity index is 2000. The van der Waals surface area contributed by atoms with Gasteiger partial charge < -0.3 is 15.2 Å². The number of unbranched alkanes of at least 4 members (excludes halogenated alkanes) is 1. The number of imidazole rings is 1. The maximum Gasteiger partial charge on any atom is 0.159 e. The number of aryl methyl sites for hydroxylation is 1. The minimum Gasteiger partial charge on any atom is -0.358 e. The number of H-pyrrole nitrogens is 2. The predicted molar refractivity (Wildman–Crippen MR) is 184 cm³/mol. The molecule has 0 amide bonds. The number of aromatic nitrogens is 6. The molecule has 7 rings (SSSR count). The molecule has 0 bridgehead atoms. The number of rotatable bonds is 12. The number of hydrogen-bond donors (Lipinski definition) is 3. The monoisotopic (exact) mass is 614 g/mol. The van der Waals surface area contributed by atoms with Crippen LogP contribution >= 0.6 is 0 Å². The van der Waals surface area contributed by atoms with Crippen LogP contribution in [-0.2, 0) is 6.42 Å². The zero-order chi connectivity index (χ0) is 31.5. The Balaban J connectivity index is 1.17. The highest BCUT2D eigenvalue weighted by Gasteiger charge is 2.18. The summed E-state index contributed by atoms with van der Waals surface area (Å²) in [6.07, 6.45) is 13.0. The Hall–Kier alpha value is -4.89. The molecule has 0 unspecified atom stereocenters. The lowest BCUT2D eigenvalue weighted by Gasteiger charge is -2.14. The number of nitrogens with one attached hydrogen (secondary N) is 3. The summed E-state index contributed by atoms with van der Waals surface area (Å²) in [5, 5.41) is 12.1. The lowest BCUT2D eigenvalue weighted by atomic mass is 10.0. The third-order valence-corrected chi connectivity index (χ3v) is 8.78. The molecular weight excluding hydrogens is 575 g/mol. The Labute approximate surface area is 268 Å². The normalized spacial score (nSPS) is 13.6. The minimum atomic E-state index is -0.256. The molecule has 0 spiro atoms. The van der Waals surface area contributed by atoms with Crippen molar-refractivity contribution >= 4 is 27.6 Å². The van der Waals surface area contributed by atoms with Gasteiger partial charge in [-0.3, -0.25) is 15.1 Å². The van der Waals surface area contributed by atoms with Gasteiger partial charge in [-0.1, -0.05) is 26.0 Å². The number of nitrogens with zero attached hydrogens (tertiary/aromatic N) is 5. The number of anilines is 1. The van der Waals surface area contributed by atoms with Crippen molar-refractivity contribution in [3.05, 3.63) is 90.8 Å². The number of likely N-dealkylation sites (tertiary alicyclic amines) is 1. The fourth-order valence-electron chi connectivity index (χ4n) is 6.40. The van der Waals surface area contributed by atoms with Crippen LogP contribution in [0.2, 0.25) is 0 Å². The van der Waals surface area contributed by atoms with E-state index >= 15 is 0 Å². The summed E-state index contributed by atoms with van der Waals surface area (Å²) in [4.78, 5) is 20.0. The third kappa shape index (κ3) is 6.41. The lowest BCUT2D eigenvalue weighted by molar-refractivity contribution is 0.334. The van der Waals surface area contributed by atoms with Gasteiger partial charge in [-0.05, 0) is 112 Å². The molecule has 5 heterocycles. The maximum atomic E-state index is 14.9. The van der Waals surface area contributed by atoms with Gasteiger partial charge in [0, 0.05) is 34.6 Å². The van der Waals surface area contributed by atoms with Gasteiger partial charge in [-0.15, -0.1) is 0 Å². The standard InChI is InChI=1S/C37H39FN8/c1-3-4-8-24(2)41-30-20-28(22-39-23-30)26-10-11-32-31(21-26)35(45-44-32)37-42-33-12-13-40-34(36(33)43-37)27-17-25(18-29(38)19-27)9-7-16-46-14-5-6-15-46/h10-13,17-23,41H,2-9,14-16H2,1H3,(H,42,43)(H,44,45).